The van der Waals surface area contributed by atoms with Crippen molar-refractivity contribution in [3.05, 3.63) is 215 Å². The highest BCUT2D eigenvalue weighted by molar-refractivity contribution is 5.64. The van der Waals surface area contributed by atoms with Crippen LogP contribution < -0.4 is 18.3 Å². The monoisotopic (exact) mass is 947 g/mol. The molecule has 4 nitrogen and oxygen atoms in total. The van der Waals surface area contributed by atoms with Gasteiger partial charge < -0.3 is 0 Å². The third-order valence-corrected chi connectivity index (χ3v) is 14.9. The highest BCUT2D eigenvalue weighted by Gasteiger charge is 2.23. The predicted octanol–water partition coefficient (Wildman–Crippen LogP) is 14.9. The van der Waals surface area contributed by atoms with Crippen LogP contribution in [0.2, 0.25) is 0 Å². The second-order valence-electron chi connectivity index (χ2n) is 20.1. The van der Waals surface area contributed by atoms with Crippen LogP contribution in [0.25, 0.3) is 45.0 Å². The van der Waals surface area contributed by atoms with Gasteiger partial charge >= 0.3 is 0 Å². The van der Waals surface area contributed by atoms with Crippen molar-refractivity contribution >= 4 is 0 Å². The van der Waals surface area contributed by atoms with E-state index in [1.54, 1.807) is 6.07 Å². The molecule has 0 N–H and O–H groups in total. The van der Waals surface area contributed by atoms with Gasteiger partial charge in [-0.1, -0.05) is 119 Å². The number of hydrogen-bond donors (Lipinski definition) is 0. The first-order valence-corrected chi connectivity index (χ1v) is 26.1. The molecule has 2 aliphatic carbocycles. The largest absolute Gasteiger partial charge is 0.212 e. The quantitative estimate of drug-likeness (QED) is 0.135. The fourth-order valence-electron chi connectivity index (χ4n) is 10.4. The van der Waals surface area contributed by atoms with Crippen molar-refractivity contribution in [1.82, 2.24) is 0 Å². The van der Waals surface area contributed by atoms with E-state index in [9.17, 15) is 0 Å². The summed E-state index contributed by atoms with van der Waals surface area (Å²) in [4.78, 5) is 0. The first-order chi connectivity index (χ1) is 35.9. The van der Waals surface area contributed by atoms with E-state index in [-0.39, 0.29) is 0 Å². The molecule has 1 atom stereocenters. The summed E-state index contributed by atoms with van der Waals surface area (Å²) in [5.41, 5.74) is 19.9. The second-order valence-corrected chi connectivity index (χ2v) is 20.1. The first kappa shape index (κ1) is 46.8. The Morgan fingerprint density at radius 3 is 1.32 bits per heavy atom. The van der Waals surface area contributed by atoms with Gasteiger partial charge in [0.25, 0.3) is 0 Å². The topological polar surface area (TPSA) is 15.5 Å². The molecule has 1 unspecified atom stereocenters. The van der Waals surface area contributed by atoms with E-state index >= 15 is 0 Å². The summed E-state index contributed by atoms with van der Waals surface area (Å²) >= 11 is 0. The number of nitrogens with zero attached hydrogens (tertiary/aromatic N) is 4. The van der Waals surface area contributed by atoms with E-state index < -0.39 is 12.7 Å². The van der Waals surface area contributed by atoms with Gasteiger partial charge in [-0.2, -0.15) is 0 Å². The van der Waals surface area contributed by atoms with Crippen molar-refractivity contribution in [3.8, 4) is 45.0 Å². The second kappa shape index (κ2) is 25.0. The smallest absolute Gasteiger partial charge is 0.201 e. The lowest BCUT2D eigenvalue weighted by Gasteiger charge is -2.11. The van der Waals surface area contributed by atoms with Gasteiger partial charge in [0.05, 0.1) is 0 Å². The van der Waals surface area contributed by atoms with Crippen LogP contribution in [0.3, 0.4) is 0 Å². The molecule has 4 aromatic carbocycles. The maximum Gasteiger partial charge on any atom is 0.212 e. The number of pyridine rings is 4. The van der Waals surface area contributed by atoms with Crippen LogP contribution in [-0.2, 0) is 34.6 Å². The molecule has 0 spiro atoms. The summed E-state index contributed by atoms with van der Waals surface area (Å²) < 4.78 is 39.6. The Morgan fingerprint density at radius 2 is 0.873 bits per heavy atom. The zero-order chi connectivity index (χ0) is 53.9. The van der Waals surface area contributed by atoms with Crippen molar-refractivity contribution in [1.29, 1.82) is 0 Å². The van der Waals surface area contributed by atoms with Gasteiger partial charge in [0.2, 0.25) is 22.8 Å². The molecule has 0 radical (unpaired) electrons. The van der Waals surface area contributed by atoms with Crippen molar-refractivity contribution in [2.45, 2.75) is 124 Å². The van der Waals surface area contributed by atoms with Crippen LogP contribution in [0, 0.1) is 27.7 Å². The number of hydrogen-bond acceptors (Lipinski definition) is 0. The highest BCUT2D eigenvalue weighted by Crippen LogP contribution is 2.36. The van der Waals surface area contributed by atoms with Crippen LogP contribution in [0.4, 0.5) is 0 Å². The molecule has 0 bridgehead atoms. The van der Waals surface area contributed by atoms with Gasteiger partial charge in [-0.05, 0) is 147 Å². The molecular weight excluding hydrogens is 861 g/mol. The molecule has 366 valence electrons. The molecule has 0 amide bonds. The zero-order valence-corrected chi connectivity index (χ0v) is 44.5. The molecule has 0 saturated heterocycles. The Balaban J connectivity index is 0.000000146. The summed E-state index contributed by atoms with van der Waals surface area (Å²) in [7, 11) is 8.32. The minimum atomic E-state index is -2.37. The Bertz CT molecular complexity index is 3180. The maximum absolute atomic E-state index is 8.23. The molecule has 2 aliphatic rings. The lowest BCUT2D eigenvalue weighted by molar-refractivity contribution is -0.661. The maximum atomic E-state index is 8.23. The standard InChI is InChI=1S/2C18H22N.C16H20N.C15H18N/c1-14-7-3-6-10-17(14)18-13-16(11-12-19(18)2)15-8-4-5-9-15;1-14-7-3-6-10-17(14)18-12-11-16(13-19(18)2)15-8-4-5-9-15;1-12(2)14-9-10-17(4)16(11-14)15-8-6-5-7-13(15)3;1-4-13-9-10-16(3)15(11-13)14-8-6-5-7-12(14)2/h2*3,6-7,10-13,15H,4-5,8-9H2,1-2H3;5-12H,1-4H3;5-11H,4H2,1-3H3/q4*+1/i;;1D3,12D;. The van der Waals surface area contributed by atoms with Crippen molar-refractivity contribution in [2.75, 3.05) is 0 Å². The SMILES string of the molecule is CCc1cc[n+](C)c(-c2ccccc2C)c1.Cc1ccccc1-c1cc(C2CCCC2)cc[n+]1C.Cc1ccccc1-c1ccc(C2CCCC2)c[n+]1C.[2H]C([2H])([2H])C([2H])(C)c1cc[n+](C)c(-c2ccccc2C)c1. The average Bonchev–Trinajstić information content (AvgIpc) is 4.15. The van der Waals surface area contributed by atoms with E-state index in [2.05, 4.69) is 190 Å². The molecule has 2 saturated carbocycles. The fourth-order valence-corrected chi connectivity index (χ4v) is 10.4. The lowest BCUT2D eigenvalue weighted by atomic mass is 9.95. The number of aromatic nitrogens is 4. The normalized spacial score (nSPS) is 15.3. The van der Waals surface area contributed by atoms with Gasteiger partial charge in [-0.15, -0.1) is 0 Å². The van der Waals surface area contributed by atoms with E-state index in [0.29, 0.717) is 5.56 Å². The van der Waals surface area contributed by atoms with Crippen LogP contribution in [0.15, 0.2) is 170 Å². The van der Waals surface area contributed by atoms with Gasteiger partial charge in [0, 0.05) is 75.8 Å². The summed E-state index contributed by atoms with van der Waals surface area (Å²) in [6.45, 7) is 9.82. The number of rotatable bonds is 8. The Hall–Kier alpha value is -6.52. The van der Waals surface area contributed by atoms with Gasteiger partial charge in [0.1, 0.15) is 28.2 Å². The number of aryl methyl sites for hydroxylation is 9. The summed E-state index contributed by atoms with van der Waals surface area (Å²) in [5, 5.41) is 0. The van der Waals surface area contributed by atoms with Crippen LogP contribution in [0.1, 0.15) is 140 Å². The average molecular weight is 947 g/mol. The van der Waals surface area contributed by atoms with E-state index in [0.717, 1.165) is 35.1 Å². The summed E-state index contributed by atoms with van der Waals surface area (Å²) in [6, 6.07) is 51.1. The van der Waals surface area contributed by atoms with Crippen LogP contribution in [-0.4, -0.2) is 0 Å². The molecule has 10 rings (SSSR count). The van der Waals surface area contributed by atoms with Crippen LogP contribution >= 0.6 is 0 Å². The summed E-state index contributed by atoms with van der Waals surface area (Å²) in [5.74, 6) is -0.0558. The molecule has 4 heteroatoms. The van der Waals surface area contributed by atoms with Gasteiger partial charge in [0.15, 0.2) is 24.8 Å². The Morgan fingerprint density at radius 1 is 0.465 bits per heavy atom. The predicted molar refractivity (Wildman–Crippen MR) is 297 cm³/mol. The molecule has 2 fully saturated rings. The van der Waals surface area contributed by atoms with Crippen LogP contribution in [0.5, 0.6) is 0 Å². The summed E-state index contributed by atoms with van der Waals surface area (Å²) in [6.07, 6.45) is 20.6. The third kappa shape index (κ3) is 13.5. The van der Waals surface area contributed by atoms with Crippen molar-refractivity contribution < 1.29 is 23.8 Å². The highest BCUT2D eigenvalue weighted by atomic mass is 14.9. The Labute approximate surface area is 434 Å². The molecule has 4 heterocycles. The number of benzene rings is 4. The van der Waals surface area contributed by atoms with E-state index in [1.165, 1.54) is 125 Å². The third-order valence-electron chi connectivity index (χ3n) is 14.9. The molecule has 0 aliphatic heterocycles. The van der Waals surface area contributed by atoms with E-state index in [4.69, 9.17) is 5.48 Å². The molecule has 8 aromatic rings. The minimum absolute atomic E-state index is 0.499. The van der Waals surface area contributed by atoms with Gasteiger partial charge in [-0.3, -0.25) is 0 Å². The lowest BCUT2D eigenvalue weighted by Crippen LogP contribution is -2.31. The van der Waals surface area contributed by atoms with E-state index in [1.807, 2.05) is 55.1 Å². The Kier molecular flexibility index (Phi) is 16.5. The molecule has 4 aromatic heterocycles. The fraction of sp³-hybridized carbons (Fsp3) is 0.343. The van der Waals surface area contributed by atoms with Gasteiger partial charge in [-0.25, -0.2) is 18.3 Å². The minimum Gasteiger partial charge on any atom is -0.201 e. The molecule has 71 heavy (non-hydrogen) atoms. The van der Waals surface area contributed by atoms with Crippen molar-refractivity contribution in [2.24, 2.45) is 28.2 Å². The first-order valence-electron chi connectivity index (χ1n) is 28.1. The van der Waals surface area contributed by atoms with Crippen molar-refractivity contribution in [3.63, 3.8) is 0 Å². The zero-order valence-electron chi connectivity index (χ0n) is 48.5. The molecular formula is C67H82N4+4.